The molecule has 0 radical (unpaired) electrons. The second kappa shape index (κ2) is 5.77. The monoisotopic (exact) mass is 397 g/mol. The van der Waals surface area contributed by atoms with Crippen molar-refractivity contribution < 1.29 is 14.4 Å². The molecule has 6 nitrogen and oxygen atoms in total. The zero-order chi connectivity index (χ0) is 20.6. The van der Waals surface area contributed by atoms with Crippen LogP contribution in [0.2, 0.25) is 0 Å². The van der Waals surface area contributed by atoms with Crippen LogP contribution in [0.1, 0.15) is 12.5 Å². The largest absolute Gasteiger partial charge is 0.324 e. The molecule has 0 bridgehead atoms. The number of fused-ring (bicyclic) bond motifs is 5. The van der Waals surface area contributed by atoms with Crippen LogP contribution in [-0.4, -0.2) is 23.8 Å². The highest BCUT2D eigenvalue weighted by Crippen LogP contribution is 2.53. The van der Waals surface area contributed by atoms with Crippen molar-refractivity contribution in [3.8, 4) is 0 Å². The van der Waals surface area contributed by atoms with Crippen molar-refractivity contribution >= 4 is 39.9 Å². The van der Waals surface area contributed by atoms with Crippen LogP contribution in [0.15, 0.2) is 66.7 Å². The predicted octanol–water partition coefficient (Wildman–Crippen LogP) is 2.78. The second-order valence-corrected chi connectivity index (χ2v) is 8.25. The molecule has 3 aliphatic rings. The van der Waals surface area contributed by atoms with Crippen LogP contribution >= 0.6 is 0 Å². The molecule has 2 saturated heterocycles. The maximum Gasteiger partial charge on any atom is 0.250 e. The minimum absolute atomic E-state index is 0.254. The first-order valence-electron chi connectivity index (χ1n) is 10.1. The molecule has 3 aromatic carbocycles. The SMILES string of the molecule is C[C@H]1N[C@]2(C(=O)Nc3ccccc32)[C@@H]2C(=O)N(c3cccc4ccccc34)C(=O)[C@H]21. The molecule has 3 aliphatic heterocycles. The van der Waals surface area contributed by atoms with Crippen molar-refractivity contribution in [2.75, 3.05) is 10.2 Å². The van der Waals surface area contributed by atoms with Crippen molar-refractivity contribution in [2.24, 2.45) is 11.8 Å². The maximum atomic E-state index is 13.8. The van der Waals surface area contributed by atoms with Gasteiger partial charge in [-0.25, -0.2) is 4.90 Å². The fraction of sp³-hybridized carbons (Fsp3) is 0.208. The van der Waals surface area contributed by atoms with E-state index in [1.54, 1.807) is 6.07 Å². The van der Waals surface area contributed by atoms with Crippen molar-refractivity contribution in [1.29, 1.82) is 0 Å². The van der Waals surface area contributed by atoms with Crippen LogP contribution < -0.4 is 15.5 Å². The topological polar surface area (TPSA) is 78.5 Å². The van der Waals surface area contributed by atoms with E-state index >= 15 is 0 Å². The number of nitrogens with zero attached hydrogens (tertiary/aromatic N) is 1. The summed E-state index contributed by atoms with van der Waals surface area (Å²) >= 11 is 0. The number of imide groups is 1. The number of rotatable bonds is 1. The maximum absolute atomic E-state index is 13.8. The molecule has 3 heterocycles. The van der Waals surface area contributed by atoms with Crippen molar-refractivity contribution in [3.63, 3.8) is 0 Å². The third kappa shape index (κ3) is 1.94. The van der Waals surface area contributed by atoms with E-state index in [4.69, 9.17) is 0 Å². The molecule has 6 rings (SSSR count). The molecule has 6 heteroatoms. The van der Waals surface area contributed by atoms with Gasteiger partial charge in [-0.2, -0.15) is 0 Å². The average molecular weight is 397 g/mol. The predicted molar refractivity (Wildman–Crippen MR) is 113 cm³/mol. The Bertz CT molecular complexity index is 1260. The van der Waals surface area contributed by atoms with Crippen molar-refractivity contribution in [3.05, 3.63) is 72.3 Å². The van der Waals surface area contributed by atoms with Crippen molar-refractivity contribution in [1.82, 2.24) is 5.32 Å². The summed E-state index contributed by atoms with van der Waals surface area (Å²) in [5.74, 6) is -2.25. The molecule has 0 saturated carbocycles. The first-order chi connectivity index (χ1) is 14.5. The summed E-state index contributed by atoms with van der Waals surface area (Å²) in [6, 6.07) is 20.3. The summed E-state index contributed by atoms with van der Waals surface area (Å²) < 4.78 is 0. The van der Waals surface area contributed by atoms with Gasteiger partial charge in [-0.15, -0.1) is 0 Å². The minimum Gasteiger partial charge on any atom is -0.324 e. The van der Waals surface area contributed by atoms with Crippen molar-refractivity contribution in [2.45, 2.75) is 18.5 Å². The Morgan fingerprint density at radius 1 is 0.867 bits per heavy atom. The lowest BCUT2D eigenvalue weighted by molar-refractivity contribution is -0.130. The highest BCUT2D eigenvalue weighted by atomic mass is 16.2. The molecule has 3 aromatic rings. The number of amides is 3. The Morgan fingerprint density at radius 2 is 1.60 bits per heavy atom. The van der Waals surface area contributed by atoms with Gasteiger partial charge in [0, 0.05) is 22.7 Å². The summed E-state index contributed by atoms with van der Waals surface area (Å²) in [6.45, 7) is 1.87. The number of hydrogen-bond donors (Lipinski definition) is 2. The zero-order valence-electron chi connectivity index (χ0n) is 16.3. The first kappa shape index (κ1) is 17.4. The van der Waals surface area contributed by atoms with Gasteiger partial charge in [-0.3, -0.25) is 19.7 Å². The third-order valence-corrected chi connectivity index (χ3v) is 6.78. The van der Waals surface area contributed by atoms with Gasteiger partial charge in [-0.1, -0.05) is 54.6 Å². The fourth-order valence-electron chi connectivity index (χ4n) is 5.56. The van der Waals surface area contributed by atoms with E-state index in [1.165, 1.54) is 4.90 Å². The molecule has 2 N–H and O–H groups in total. The zero-order valence-corrected chi connectivity index (χ0v) is 16.3. The van der Waals surface area contributed by atoms with E-state index in [0.29, 0.717) is 11.4 Å². The molecular formula is C24H19N3O3. The van der Waals surface area contributed by atoms with E-state index in [1.807, 2.05) is 67.6 Å². The second-order valence-electron chi connectivity index (χ2n) is 8.25. The van der Waals surface area contributed by atoms with Crippen LogP contribution in [0, 0.1) is 11.8 Å². The Balaban J connectivity index is 1.54. The quantitative estimate of drug-likeness (QED) is 0.619. The smallest absolute Gasteiger partial charge is 0.250 e. The molecule has 2 fully saturated rings. The number of nitrogens with one attached hydrogen (secondary N) is 2. The van der Waals surface area contributed by atoms with Crippen LogP contribution in [0.3, 0.4) is 0 Å². The molecular weight excluding hydrogens is 378 g/mol. The summed E-state index contributed by atoms with van der Waals surface area (Å²) in [7, 11) is 0. The molecule has 1 spiro atoms. The summed E-state index contributed by atoms with van der Waals surface area (Å²) in [4.78, 5) is 41.8. The van der Waals surface area contributed by atoms with E-state index < -0.39 is 17.4 Å². The highest BCUT2D eigenvalue weighted by molar-refractivity contribution is 6.27. The van der Waals surface area contributed by atoms with Gasteiger partial charge in [-0.05, 0) is 24.4 Å². The summed E-state index contributed by atoms with van der Waals surface area (Å²) in [5.41, 5.74) is 0.765. The first-order valence-corrected chi connectivity index (χ1v) is 10.1. The van der Waals surface area contributed by atoms with E-state index in [2.05, 4.69) is 10.6 Å². The van der Waals surface area contributed by atoms with Gasteiger partial charge < -0.3 is 5.32 Å². The van der Waals surface area contributed by atoms with Crippen LogP contribution in [0.5, 0.6) is 0 Å². The standard InChI is InChI=1S/C24H19N3O3/c1-13-19-20(24(26-13)16-10-4-5-11-17(16)25-23(24)30)22(29)27(21(19)28)18-12-6-8-14-7-2-3-9-15(14)18/h2-13,19-20,26H,1H3,(H,25,30)/t13-,19+,20+,24+/m1/s1. The third-order valence-electron chi connectivity index (χ3n) is 6.78. The van der Waals surface area contributed by atoms with Gasteiger partial charge in [0.1, 0.15) is 5.54 Å². The lowest BCUT2D eigenvalue weighted by Crippen LogP contribution is -2.53. The minimum atomic E-state index is -1.23. The summed E-state index contributed by atoms with van der Waals surface area (Å²) in [5, 5.41) is 8.02. The highest BCUT2D eigenvalue weighted by Gasteiger charge is 2.69. The Hall–Kier alpha value is -3.51. The normalized spacial score (nSPS) is 29.6. The Morgan fingerprint density at radius 3 is 2.47 bits per heavy atom. The Labute approximate surface area is 172 Å². The van der Waals surface area contributed by atoms with Gasteiger partial charge in [0.15, 0.2) is 0 Å². The van der Waals surface area contributed by atoms with Gasteiger partial charge in [0.2, 0.25) is 17.7 Å². The molecule has 0 aliphatic carbocycles. The number of benzene rings is 3. The van der Waals surface area contributed by atoms with E-state index in [-0.39, 0.29) is 23.8 Å². The molecule has 30 heavy (non-hydrogen) atoms. The van der Waals surface area contributed by atoms with Crippen LogP contribution in [-0.2, 0) is 19.9 Å². The van der Waals surface area contributed by atoms with Crippen LogP contribution in [0.25, 0.3) is 10.8 Å². The van der Waals surface area contributed by atoms with E-state index in [9.17, 15) is 14.4 Å². The number of carbonyl (C=O) groups excluding carboxylic acids is 3. The molecule has 3 amide bonds. The molecule has 4 atom stereocenters. The van der Waals surface area contributed by atoms with E-state index in [0.717, 1.165) is 16.3 Å². The van der Waals surface area contributed by atoms with Gasteiger partial charge in [0.25, 0.3) is 0 Å². The number of carbonyl (C=O) groups is 3. The van der Waals surface area contributed by atoms with Gasteiger partial charge >= 0.3 is 0 Å². The number of hydrogen-bond acceptors (Lipinski definition) is 4. The van der Waals surface area contributed by atoms with Gasteiger partial charge in [0.05, 0.1) is 17.5 Å². The fourth-order valence-corrected chi connectivity index (χ4v) is 5.56. The number of anilines is 2. The lowest BCUT2D eigenvalue weighted by Gasteiger charge is -2.29. The van der Waals surface area contributed by atoms with Crippen LogP contribution in [0.4, 0.5) is 11.4 Å². The molecule has 0 aromatic heterocycles. The molecule has 0 unspecified atom stereocenters. The summed E-state index contributed by atoms with van der Waals surface area (Å²) in [6.07, 6.45) is 0. The molecule has 148 valence electrons. The Kier molecular flexibility index (Phi) is 3.34. The average Bonchev–Trinajstić information content (AvgIpc) is 3.32. The number of para-hydroxylation sites is 1. The lowest BCUT2D eigenvalue weighted by atomic mass is 9.76.